The van der Waals surface area contributed by atoms with Crippen LogP contribution in [0.1, 0.15) is 27.8 Å². The van der Waals surface area contributed by atoms with Crippen molar-refractivity contribution in [3.05, 3.63) is 94.7 Å². The molecule has 1 unspecified atom stereocenters. The lowest BCUT2D eigenvalue weighted by molar-refractivity contribution is -0.130. The fraction of sp³-hybridized carbons (Fsp3) is 0.100. The largest absolute Gasteiger partial charge is 0.457 e. The monoisotopic (exact) mass is 387 g/mol. The van der Waals surface area contributed by atoms with Crippen molar-refractivity contribution in [2.45, 2.75) is 12.6 Å². The molecule has 0 spiro atoms. The van der Waals surface area contributed by atoms with Crippen LogP contribution in [0, 0.1) is 5.82 Å². The molecule has 3 rings (SSSR count). The zero-order valence-corrected chi connectivity index (χ0v) is 14.8. The van der Waals surface area contributed by atoms with Crippen LogP contribution in [0.15, 0.2) is 71.3 Å². The number of benzene rings is 2. The number of nitrogens with one attached hydrogen (secondary N) is 1. The van der Waals surface area contributed by atoms with Crippen LogP contribution in [0.25, 0.3) is 0 Å². The third-order valence-electron chi connectivity index (χ3n) is 3.74. The Hall–Kier alpha value is -3.12. The number of rotatable bonds is 6. The highest BCUT2D eigenvalue weighted by molar-refractivity contribution is 6.30. The molecule has 0 saturated heterocycles. The Morgan fingerprint density at radius 1 is 1.07 bits per heavy atom. The van der Waals surface area contributed by atoms with Crippen LogP contribution in [0.5, 0.6) is 0 Å². The number of esters is 1. The molecule has 3 aromatic rings. The van der Waals surface area contributed by atoms with E-state index in [9.17, 15) is 14.0 Å². The van der Waals surface area contributed by atoms with E-state index < -0.39 is 18.0 Å². The second kappa shape index (κ2) is 8.51. The molecule has 0 radical (unpaired) electrons. The van der Waals surface area contributed by atoms with Gasteiger partial charge in [-0.2, -0.15) is 0 Å². The van der Waals surface area contributed by atoms with Gasteiger partial charge in [-0.3, -0.25) is 4.79 Å². The number of carbonyl (C=O) groups is 2. The first-order valence-corrected chi connectivity index (χ1v) is 8.43. The summed E-state index contributed by atoms with van der Waals surface area (Å²) in [6, 6.07) is 15.1. The second-order valence-electron chi connectivity index (χ2n) is 5.66. The topological polar surface area (TPSA) is 68.5 Å². The zero-order chi connectivity index (χ0) is 19.2. The SMILES string of the molecule is O=C(OC(C(=O)NCc1ccc(F)cc1)c1ccc(Cl)cc1)c1ccco1. The number of halogens is 2. The number of hydrogen-bond acceptors (Lipinski definition) is 4. The first-order chi connectivity index (χ1) is 13.0. The highest BCUT2D eigenvalue weighted by atomic mass is 35.5. The van der Waals surface area contributed by atoms with Crippen LogP contribution >= 0.6 is 11.6 Å². The summed E-state index contributed by atoms with van der Waals surface area (Å²) in [6.45, 7) is 0.154. The van der Waals surface area contributed by atoms with Gasteiger partial charge in [0, 0.05) is 17.1 Å². The molecule has 1 aromatic heterocycles. The van der Waals surface area contributed by atoms with Crippen LogP contribution < -0.4 is 5.32 Å². The first-order valence-electron chi connectivity index (χ1n) is 8.05. The van der Waals surface area contributed by atoms with E-state index in [2.05, 4.69) is 5.32 Å². The Morgan fingerprint density at radius 3 is 2.41 bits per heavy atom. The minimum atomic E-state index is -1.19. The number of furan rings is 1. The van der Waals surface area contributed by atoms with Crippen molar-refractivity contribution < 1.29 is 23.1 Å². The lowest BCUT2D eigenvalue weighted by Gasteiger charge is -2.17. The van der Waals surface area contributed by atoms with Crippen LogP contribution in [0.3, 0.4) is 0 Å². The van der Waals surface area contributed by atoms with E-state index >= 15 is 0 Å². The van der Waals surface area contributed by atoms with E-state index in [1.165, 1.54) is 24.5 Å². The molecule has 27 heavy (non-hydrogen) atoms. The molecule has 1 N–H and O–H groups in total. The lowest BCUT2D eigenvalue weighted by atomic mass is 10.1. The highest BCUT2D eigenvalue weighted by Gasteiger charge is 2.26. The number of amides is 1. The van der Waals surface area contributed by atoms with Gasteiger partial charge >= 0.3 is 5.97 Å². The van der Waals surface area contributed by atoms with Gasteiger partial charge in [-0.15, -0.1) is 0 Å². The standard InChI is InChI=1S/C20H15ClFNO4/c21-15-7-5-14(6-8-15)18(27-20(25)17-2-1-11-26-17)19(24)23-12-13-3-9-16(22)10-4-13/h1-11,18H,12H2,(H,23,24). The van der Waals surface area contributed by atoms with E-state index in [4.69, 9.17) is 20.8 Å². The van der Waals surface area contributed by atoms with Crippen LogP contribution in [-0.2, 0) is 16.1 Å². The molecular weight excluding hydrogens is 373 g/mol. The second-order valence-corrected chi connectivity index (χ2v) is 6.09. The normalized spacial score (nSPS) is 11.6. The summed E-state index contributed by atoms with van der Waals surface area (Å²) in [4.78, 5) is 24.9. The molecule has 0 saturated carbocycles. The Morgan fingerprint density at radius 2 is 1.78 bits per heavy atom. The van der Waals surface area contributed by atoms with Crippen molar-refractivity contribution in [3.63, 3.8) is 0 Å². The molecule has 0 aliphatic rings. The molecule has 0 aliphatic carbocycles. The van der Waals surface area contributed by atoms with Crippen LogP contribution in [0.2, 0.25) is 5.02 Å². The third-order valence-corrected chi connectivity index (χ3v) is 3.99. The molecular formula is C20H15ClFNO4. The van der Waals surface area contributed by atoms with E-state index in [0.29, 0.717) is 16.1 Å². The van der Waals surface area contributed by atoms with Gasteiger partial charge in [0.05, 0.1) is 6.26 Å². The maximum absolute atomic E-state index is 13.0. The van der Waals surface area contributed by atoms with Crippen molar-refractivity contribution in [1.82, 2.24) is 5.32 Å². The van der Waals surface area contributed by atoms with Gasteiger partial charge in [0.25, 0.3) is 5.91 Å². The van der Waals surface area contributed by atoms with Gasteiger partial charge in [0.15, 0.2) is 0 Å². The molecule has 138 valence electrons. The van der Waals surface area contributed by atoms with E-state index in [1.54, 1.807) is 42.5 Å². The predicted octanol–water partition coefficient (Wildman–Crippen LogP) is 4.29. The van der Waals surface area contributed by atoms with Gasteiger partial charge in [0.1, 0.15) is 5.82 Å². The van der Waals surface area contributed by atoms with Crippen LogP contribution in [0.4, 0.5) is 4.39 Å². The predicted molar refractivity (Wildman–Crippen MR) is 96.6 cm³/mol. The van der Waals surface area contributed by atoms with E-state index in [1.807, 2.05) is 0 Å². The molecule has 2 aromatic carbocycles. The maximum atomic E-state index is 13.0. The molecule has 5 nitrogen and oxygen atoms in total. The molecule has 0 aliphatic heterocycles. The molecule has 1 amide bonds. The number of carbonyl (C=O) groups excluding carboxylic acids is 2. The van der Waals surface area contributed by atoms with E-state index in [-0.39, 0.29) is 18.1 Å². The fourth-order valence-corrected chi connectivity index (χ4v) is 2.48. The Kier molecular flexibility index (Phi) is 5.88. The number of hydrogen-bond donors (Lipinski definition) is 1. The first kappa shape index (κ1) is 18.7. The van der Waals surface area contributed by atoms with Crippen LogP contribution in [-0.4, -0.2) is 11.9 Å². The zero-order valence-electron chi connectivity index (χ0n) is 14.0. The summed E-state index contributed by atoms with van der Waals surface area (Å²) in [5.41, 5.74) is 1.16. The summed E-state index contributed by atoms with van der Waals surface area (Å²) in [5.74, 6) is -1.67. The highest BCUT2D eigenvalue weighted by Crippen LogP contribution is 2.22. The van der Waals surface area contributed by atoms with Crippen molar-refractivity contribution in [1.29, 1.82) is 0 Å². The summed E-state index contributed by atoms with van der Waals surface area (Å²) in [5, 5.41) is 3.17. The van der Waals surface area contributed by atoms with Crippen molar-refractivity contribution in [2.75, 3.05) is 0 Å². The molecule has 0 fully saturated rings. The minimum absolute atomic E-state index is 0.0136. The Balaban J connectivity index is 1.75. The quantitative estimate of drug-likeness (QED) is 0.641. The summed E-state index contributed by atoms with van der Waals surface area (Å²) in [6.07, 6.45) is 0.142. The summed E-state index contributed by atoms with van der Waals surface area (Å²) >= 11 is 5.88. The lowest BCUT2D eigenvalue weighted by Crippen LogP contribution is -2.31. The summed E-state index contributed by atoms with van der Waals surface area (Å²) < 4.78 is 23.3. The molecule has 7 heteroatoms. The Bertz CT molecular complexity index is 908. The average Bonchev–Trinajstić information content (AvgIpc) is 3.21. The maximum Gasteiger partial charge on any atom is 0.375 e. The third kappa shape index (κ3) is 4.95. The van der Waals surface area contributed by atoms with Gasteiger partial charge < -0.3 is 14.5 Å². The summed E-state index contributed by atoms with van der Waals surface area (Å²) in [7, 11) is 0. The van der Waals surface area contributed by atoms with Gasteiger partial charge in [-0.05, 0) is 42.0 Å². The van der Waals surface area contributed by atoms with Gasteiger partial charge in [-0.25, -0.2) is 9.18 Å². The van der Waals surface area contributed by atoms with Gasteiger partial charge in [0.2, 0.25) is 11.9 Å². The van der Waals surface area contributed by atoms with Gasteiger partial charge in [-0.1, -0.05) is 35.9 Å². The van der Waals surface area contributed by atoms with Crippen molar-refractivity contribution in [3.8, 4) is 0 Å². The molecule has 1 heterocycles. The fourth-order valence-electron chi connectivity index (χ4n) is 2.35. The average molecular weight is 388 g/mol. The van der Waals surface area contributed by atoms with E-state index in [0.717, 1.165) is 0 Å². The molecule has 1 atom stereocenters. The number of ether oxygens (including phenoxy) is 1. The van der Waals surface area contributed by atoms with Crippen molar-refractivity contribution in [2.24, 2.45) is 0 Å². The Labute approximate surface area is 159 Å². The van der Waals surface area contributed by atoms with Crippen molar-refractivity contribution >= 4 is 23.5 Å². The molecule has 0 bridgehead atoms. The minimum Gasteiger partial charge on any atom is -0.457 e. The smallest absolute Gasteiger partial charge is 0.375 e.